The predicted molar refractivity (Wildman–Crippen MR) is 65.4 cm³/mol. The van der Waals surface area contributed by atoms with E-state index in [1.165, 1.54) is 23.1 Å². The lowest BCUT2D eigenvalue weighted by Gasteiger charge is -2.28. The van der Waals surface area contributed by atoms with Gasteiger partial charge in [0.15, 0.2) is 0 Å². The Bertz CT molecular complexity index is 399. The van der Waals surface area contributed by atoms with Gasteiger partial charge >= 0.3 is 0 Å². The third-order valence-corrected chi connectivity index (χ3v) is 3.83. The van der Waals surface area contributed by atoms with Crippen molar-refractivity contribution in [3.8, 4) is 0 Å². The highest BCUT2D eigenvalue weighted by atomic mass is 16.5. The van der Waals surface area contributed by atoms with E-state index in [1.54, 1.807) is 0 Å². The van der Waals surface area contributed by atoms with Crippen molar-refractivity contribution >= 4 is 0 Å². The minimum absolute atomic E-state index is 0.0983. The van der Waals surface area contributed by atoms with E-state index in [1.807, 2.05) is 0 Å². The third kappa shape index (κ3) is 2.23. The van der Waals surface area contributed by atoms with Gasteiger partial charge in [0.05, 0.1) is 19.8 Å². The van der Waals surface area contributed by atoms with E-state index in [-0.39, 0.29) is 6.04 Å². The number of nitrogens with two attached hydrogens (primary N) is 1. The molecule has 2 aliphatic rings. The molecule has 0 aliphatic carbocycles. The van der Waals surface area contributed by atoms with Crippen LogP contribution >= 0.6 is 0 Å². The summed E-state index contributed by atoms with van der Waals surface area (Å²) in [6.07, 6.45) is 2.31. The molecule has 2 unspecified atom stereocenters. The minimum atomic E-state index is 0.0983. The van der Waals surface area contributed by atoms with Crippen LogP contribution in [0.1, 0.15) is 35.6 Å². The zero-order chi connectivity index (χ0) is 11.7. The molecule has 0 saturated carbocycles. The molecular weight excluding hydrogens is 214 g/mol. The highest BCUT2D eigenvalue weighted by molar-refractivity contribution is 5.34. The average molecular weight is 233 g/mol. The van der Waals surface area contributed by atoms with Crippen LogP contribution in [0, 0.1) is 5.92 Å². The lowest BCUT2D eigenvalue weighted by Crippen LogP contribution is -2.29. The zero-order valence-corrected chi connectivity index (χ0v) is 10.0. The molecule has 0 bridgehead atoms. The summed E-state index contributed by atoms with van der Waals surface area (Å²) in [5, 5.41) is 0. The van der Waals surface area contributed by atoms with E-state index in [9.17, 15) is 0 Å². The fourth-order valence-corrected chi connectivity index (χ4v) is 2.72. The number of rotatable bonds is 2. The lowest BCUT2D eigenvalue weighted by molar-refractivity contribution is 0.0447. The van der Waals surface area contributed by atoms with Crippen LogP contribution in [0.25, 0.3) is 0 Å². The maximum absolute atomic E-state index is 6.34. The second-order valence-electron chi connectivity index (χ2n) is 5.02. The Morgan fingerprint density at radius 3 is 2.88 bits per heavy atom. The Labute approximate surface area is 102 Å². The zero-order valence-electron chi connectivity index (χ0n) is 10.0. The van der Waals surface area contributed by atoms with E-state index in [4.69, 9.17) is 15.2 Å². The molecule has 2 aliphatic heterocycles. The maximum atomic E-state index is 6.34. The summed E-state index contributed by atoms with van der Waals surface area (Å²) in [5.41, 5.74) is 10.2. The van der Waals surface area contributed by atoms with Crippen molar-refractivity contribution in [3.05, 3.63) is 34.9 Å². The molecule has 1 aromatic rings. The standard InChI is InChI=1S/C14H19NO2/c15-14(12-2-1-5-16-8-12)10-3-4-11-7-17-9-13(11)6-10/h3-4,6,12,14H,1-2,5,7-9,15H2. The van der Waals surface area contributed by atoms with Gasteiger partial charge in [0, 0.05) is 18.6 Å². The van der Waals surface area contributed by atoms with Crippen molar-refractivity contribution < 1.29 is 9.47 Å². The summed E-state index contributed by atoms with van der Waals surface area (Å²) in [6, 6.07) is 6.61. The van der Waals surface area contributed by atoms with Crippen molar-refractivity contribution in [2.24, 2.45) is 11.7 Å². The molecule has 0 radical (unpaired) electrons. The van der Waals surface area contributed by atoms with E-state index in [0.29, 0.717) is 5.92 Å². The SMILES string of the molecule is NC(c1ccc2c(c1)COC2)C1CCCOC1. The monoisotopic (exact) mass is 233 g/mol. The van der Waals surface area contributed by atoms with Gasteiger partial charge in [0.2, 0.25) is 0 Å². The van der Waals surface area contributed by atoms with Crippen molar-refractivity contribution in [2.75, 3.05) is 13.2 Å². The Morgan fingerprint density at radius 2 is 2.06 bits per heavy atom. The first-order chi connectivity index (χ1) is 8.34. The fourth-order valence-electron chi connectivity index (χ4n) is 2.72. The van der Waals surface area contributed by atoms with E-state index < -0.39 is 0 Å². The number of fused-ring (bicyclic) bond motifs is 1. The van der Waals surface area contributed by atoms with E-state index in [0.717, 1.165) is 32.8 Å². The smallest absolute Gasteiger partial charge is 0.0725 e. The van der Waals surface area contributed by atoms with Crippen LogP contribution in [-0.2, 0) is 22.7 Å². The van der Waals surface area contributed by atoms with Gasteiger partial charge in [-0.15, -0.1) is 0 Å². The molecule has 3 heteroatoms. The first-order valence-electron chi connectivity index (χ1n) is 6.37. The van der Waals surface area contributed by atoms with Crippen molar-refractivity contribution in [2.45, 2.75) is 32.1 Å². The number of benzene rings is 1. The Morgan fingerprint density at radius 1 is 1.18 bits per heavy atom. The first kappa shape index (κ1) is 11.2. The van der Waals surface area contributed by atoms with Crippen LogP contribution in [0.4, 0.5) is 0 Å². The van der Waals surface area contributed by atoms with Crippen molar-refractivity contribution in [1.29, 1.82) is 0 Å². The normalized spacial score (nSPS) is 25.6. The van der Waals surface area contributed by atoms with Gasteiger partial charge < -0.3 is 15.2 Å². The molecule has 17 heavy (non-hydrogen) atoms. The Kier molecular flexibility index (Phi) is 3.14. The first-order valence-corrected chi connectivity index (χ1v) is 6.37. The predicted octanol–water partition coefficient (Wildman–Crippen LogP) is 2.14. The maximum Gasteiger partial charge on any atom is 0.0725 e. The lowest BCUT2D eigenvalue weighted by atomic mass is 9.88. The van der Waals surface area contributed by atoms with Gasteiger partial charge in [-0.25, -0.2) is 0 Å². The summed E-state index contributed by atoms with van der Waals surface area (Å²) in [7, 11) is 0. The number of ether oxygens (including phenoxy) is 2. The molecule has 2 heterocycles. The molecule has 3 rings (SSSR count). The van der Waals surface area contributed by atoms with Crippen molar-refractivity contribution in [3.63, 3.8) is 0 Å². The molecule has 0 amide bonds. The van der Waals surface area contributed by atoms with Crippen molar-refractivity contribution in [1.82, 2.24) is 0 Å². The molecule has 1 fully saturated rings. The van der Waals surface area contributed by atoms with E-state index in [2.05, 4.69) is 18.2 Å². The number of hydrogen-bond donors (Lipinski definition) is 1. The minimum Gasteiger partial charge on any atom is -0.381 e. The molecule has 1 saturated heterocycles. The summed E-state index contributed by atoms with van der Waals surface area (Å²) in [6.45, 7) is 3.17. The molecular formula is C14H19NO2. The summed E-state index contributed by atoms with van der Waals surface area (Å²) < 4.78 is 10.9. The Balaban J connectivity index is 1.78. The number of hydrogen-bond acceptors (Lipinski definition) is 3. The van der Waals surface area contributed by atoms with Crippen LogP contribution in [0.2, 0.25) is 0 Å². The van der Waals surface area contributed by atoms with Gasteiger partial charge in [0.1, 0.15) is 0 Å². The highest BCUT2D eigenvalue weighted by Gasteiger charge is 2.23. The average Bonchev–Trinajstić information content (AvgIpc) is 2.86. The summed E-state index contributed by atoms with van der Waals surface area (Å²) in [5.74, 6) is 0.462. The quantitative estimate of drug-likeness (QED) is 0.851. The fraction of sp³-hybridized carbons (Fsp3) is 0.571. The molecule has 1 aromatic carbocycles. The van der Waals surface area contributed by atoms with Gasteiger partial charge in [0.25, 0.3) is 0 Å². The molecule has 0 aromatic heterocycles. The third-order valence-electron chi connectivity index (χ3n) is 3.83. The van der Waals surface area contributed by atoms with Crippen LogP contribution in [-0.4, -0.2) is 13.2 Å². The summed E-state index contributed by atoms with van der Waals surface area (Å²) >= 11 is 0. The molecule has 2 atom stereocenters. The van der Waals surface area contributed by atoms with Crippen LogP contribution in [0.15, 0.2) is 18.2 Å². The second-order valence-corrected chi connectivity index (χ2v) is 5.02. The largest absolute Gasteiger partial charge is 0.381 e. The molecule has 92 valence electrons. The highest BCUT2D eigenvalue weighted by Crippen LogP contribution is 2.29. The van der Waals surface area contributed by atoms with Crippen LogP contribution in [0.5, 0.6) is 0 Å². The van der Waals surface area contributed by atoms with Gasteiger partial charge in [-0.3, -0.25) is 0 Å². The molecule has 0 spiro atoms. The van der Waals surface area contributed by atoms with Gasteiger partial charge in [-0.2, -0.15) is 0 Å². The molecule has 2 N–H and O–H groups in total. The van der Waals surface area contributed by atoms with Crippen LogP contribution in [0.3, 0.4) is 0 Å². The summed E-state index contributed by atoms with van der Waals surface area (Å²) in [4.78, 5) is 0. The topological polar surface area (TPSA) is 44.5 Å². The molecule has 3 nitrogen and oxygen atoms in total. The second kappa shape index (κ2) is 4.77. The van der Waals surface area contributed by atoms with E-state index >= 15 is 0 Å². The van der Waals surface area contributed by atoms with Gasteiger partial charge in [-0.05, 0) is 29.5 Å². The van der Waals surface area contributed by atoms with Gasteiger partial charge in [-0.1, -0.05) is 18.2 Å². The van der Waals surface area contributed by atoms with Crippen LogP contribution < -0.4 is 5.73 Å². The Hall–Kier alpha value is -0.900.